The number of anilines is 1. The van der Waals surface area contributed by atoms with Crippen molar-refractivity contribution in [2.75, 3.05) is 5.32 Å². The van der Waals surface area contributed by atoms with Gasteiger partial charge in [0.15, 0.2) is 0 Å². The molecule has 0 unspecified atom stereocenters. The molecule has 0 atom stereocenters. The molecule has 0 heterocycles. The summed E-state index contributed by atoms with van der Waals surface area (Å²) < 4.78 is 26.5. The van der Waals surface area contributed by atoms with Crippen molar-refractivity contribution in [3.05, 3.63) is 64.7 Å². The van der Waals surface area contributed by atoms with Gasteiger partial charge in [-0.2, -0.15) is 0 Å². The highest BCUT2D eigenvalue weighted by molar-refractivity contribution is 6.04. The number of hydrogen-bond acceptors (Lipinski definition) is 1. The zero-order valence-electron chi connectivity index (χ0n) is 10.6. The fourth-order valence-electron chi connectivity index (χ4n) is 1.69. The van der Waals surface area contributed by atoms with Gasteiger partial charge in [-0.3, -0.25) is 4.79 Å². The maximum Gasteiger partial charge on any atom is 0.258 e. The van der Waals surface area contributed by atoms with Gasteiger partial charge in [-0.05, 0) is 55.3 Å². The summed E-state index contributed by atoms with van der Waals surface area (Å²) in [5, 5.41) is 2.55. The predicted octanol–water partition coefficient (Wildman–Crippen LogP) is 3.83. The van der Waals surface area contributed by atoms with E-state index in [1.165, 1.54) is 0 Å². The lowest BCUT2D eigenvalue weighted by atomic mass is 10.1. The topological polar surface area (TPSA) is 29.1 Å². The van der Waals surface area contributed by atoms with E-state index in [2.05, 4.69) is 5.32 Å². The van der Waals surface area contributed by atoms with E-state index in [0.29, 0.717) is 5.69 Å². The molecule has 2 nitrogen and oxygen atoms in total. The third-order valence-corrected chi connectivity index (χ3v) is 2.94. The number of hydrogen-bond donors (Lipinski definition) is 1. The van der Waals surface area contributed by atoms with E-state index < -0.39 is 17.5 Å². The summed E-state index contributed by atoms with van der Waals surface area (Å²) in [5.74, 6) is -2.06. The Balaban J connectivity index is 2.25. The van der Waals surface area contributed by atoms with Crippen molar-refractivity contribution in [2.45, 2.75) is 13.8 Å². The summed E-state index contributed by atoms with van der Waals surface area (Å²) in [6, 6.07) is 8.15. The first-order valence-electron chi connectivity index (χ1n) is 5.81. The molecule has 4 heteroatoms. The van der Waals surface area contributed by atoms with Crippen LogP contribution in [0.4, 0.5) is 14.5 Å². The van der Waals surface area contributed by atoms with E-state index in [4.69, 9.17) is 0 Å². The van der Waals surface area contributed by atoms with Crippen LogP contribution in [0.25, 0.3) is 0 Å². The average Bonchev–Trinajstić information content (AvgIpc) is 2.36. The van der Waals surface area contributed by atoms with Crippen LogP contribution in [0, 0.1) is 25.5 Å². The molecule has 0 aromatic heterocycles. The van der Waals surface area contributed by atoms with Crippen LogP contribution in [0.15, 0.2) is 36.4 Å². The fourth-order valence-corrected chi connectivity index (χ4v) is 1.69. The third-order valence-electron chi connectivity index (χ3n) is 2.94. The van der Waals surface area contributed by atoms with Gasteiger partial charge in [0.25, 0.3) is 5.91 Å². The van der Waals surface area contributed by atoms with E-state index >= 15 is 0 Å². The number of aryl methyl sites for hydroxylation is 2. The number of benzene rings is 2. The minimum Gasteiger partial charge on any atom is -0.322 e. The van der Waals surface area contributed by atoms with Crippen LogP contribution in [-0.4, -0.2) is 5.91 Å². The van der Waals surface area contributed by atoms with E-state index in [-0.39, 0.29) is 5.56 Å². The Labute approximate surface area is 110 Å². The van der Waals surface area contributed by atoms with E-state index in [1.54, 1.807) is 12.1 Å². The number of nitrogens with one attached hydrogen (secondary N) is 1. The van der Waals surface area contributed by atoms with Crippen molar-refractivity contribution in [3.63, 3.8) is 0 Å². The van der Waals surface area contributed by atoms with Crippen molar-refractivity contribution in [2.24, 2.45) is 0 Å². The van der Waals surface area contributed by atoms with Gasteiger partial charge in [-0.1, -0.05) is 6.07 Å². The molecule has 2 aromatic carbocycles. The summed E-state index contributed by atoms with van der Waals surface area (Å²) in [7, 11) is 0. The molecule has 0 saturated heterocycles. The molecule has 2 rings (SSSR count). The molecule has 0 aliphatic rings. The molecule has 1 amide bonds. The lowest BCUT2D eigenvalue weighted by molar-refractivity contribution is 0.102. The van der Waals surface area contributed by atoms with Crippen molar-refractivity contribution in [3.8, 4) is 0 Å². The van der Waals surface area contributed by atoms with Crippen molar-refractivity contribution in [1.29, 1.82) is 0 Å². The summed E-state index contributed by atoms with van der Waals surface area (Å²) >= 11 is 0. The second kappa shape index (κ2) is 5.18. The maximum atomic E-state index is 13.4. The standard InChI is InChI=1S/C15H13F2NO/c1-9-3-5-12(7-10(9)2)18-15(19)13-8-11(16)4-6-14(13)17/h3-8H,1-2H3,(H,18,19). The predicted molar refractivity (Wildman–Crippen MR) is 70.2 cm³/mol. The molecule has 1 N–H and O–H groups in total. The minimum atomic E-state index is -0.747. The second-order valence-electron chi connectivity index (χ2n) is 4.38. The number of amides is 1. The zero-order valence-corrected chi connectivity index (χ0v) is 10.6. The lowest BCUT2D eigenvalue weighted by Gasteiger charge is -2.08. The van der Waals surface area contributed by atoms with Gasteiger partial charge in [0.05, 0.1) is 5.56 Å². The highest BCUT2D eigenvalue weighted by atomic mass is 19.1. The van der Waals surface area contributed by atoms with Gasteiger partial charge in [0.2, 0.25) is 0 Å². The van der Waals surface area contributed by atoms with Crippen molar-refractivity contribution >= 4 is 11.6 Å². The molecule has 0 fully saturated rings. The molecule has 98 valence electrons. The van der Waals surface area contributed by atoms with Gasteiger partial charge >= 0.3 is 0 Å². The van der Waals surface area contributed by atoms with Crippen LogP contribution in [0.3, 0.4) is 0 Å². The van der Waals surface area contributed by atoms with Gasteiger partial charge < -0.3 is 5.32 Å². The van der Waals surface area contributed by atoms with E-state index in [1.807, 2.05) is 19.9 Å². The first-order chi connectivity index (χ1) is 8.97. The number of carbonyl (C=O) groups is 1. The Bertz CT molecular complexity index is 638. The molecule has 19 heavy (non-hydrogen) atoms. The Hall–Kier alpha value is -2.23. The largest absolute Gasteiger partial charge is 0.322 e. The number of rotatable bonds is 2. The Morgan fingerprint density at radius 3 is 2.42 bits per heavy atom. The van der Waals surface area contributed by atoms with Crippen LogP contribution in [-0.2, 0) is 0 Å². The average molecular weight is 261 g/mol. The smallest absolute Gasteiger partial charge is 0.258 e. The highest BCUT2D eigenvalue weighted by Crippen LogP contribution is 2.16. The van der Waals surface area contributed by atoms with Crippen LogP contribution in [0.1, 0.15) is 21.5 Å². The summed E-state index contributed by atoms with van der Waals surface area (Å²) in [4.78, 5) is 11.9. The summed E-state index contributed by atoms with van der Waals surface area (Å²) in [5.41, 5.74) is 2.35. The van der Waals surface area contributed by atoms with Crippen molar-refractivity contribution in [1.82, 2.24) is 0 Å². The van der Waals surface area contributed by atoms with Crippen LogP contribution < -0.4 is 5.32 Å². The lowest BCUT2D eigenvalue weighted by Crippen LogP contribution is -2.14. The minimum absolute atomic E-state index is 0.307. The molecule has 2 aromatic rings. The van der Waals surface area contributed by atoms with Crippen LogP contribution in [0.2, 0.25) is 0 Å². The van der Waals surface area contributed by atoms with E-state index in [9.17, 15) is 13.6 Å². The molecule has 0 aliphatic heterocycles. The third kappa shape index (κ3) is 2.96. The molecular weight excluding hydrogens is 248 g/mol. The van der Waals surface area contributed by atoms with Crippen LogP contribution in [0.5, 0.6) is 0 Å². The Kier molecular flexibility index (Phi) is 3.60. The first-order valence-corrected chi connectivity index (χ1v) is 5.81. The Morgan fingerprint density at radius 1 is 1.00 bits per heavy atom. The SMILES string of the molecule is Cc1ccc(NC(=O)c2cc(F)ccc2F)cc1C. The molecule has 0 aliphatic carbocycles. The molecular formula is C15H13F2NO. The highest BCUT2D eigenvalue weighted by Gasteiger charge is 2.13. The molecule has 0 radical (unpaired) electrons. The van der Waals surface area contributed by atoms with Crippen LogP contribution >= 0.6 is 0 Å². The van der Waals surface area contributed by atoms with Gasteiger partial charge in [-0.25, -0.2) is 8.78 Å². The normalized spacial score (nSPS) is 10.3. The quantitative estimate of drug-likeness (QED) is 0.874. The first kappa shape index (κ1) is 13.2. The number of halogens is 2. The summed E-state index contributed by atoms with van der Waals surface area (Å²) in [6.07, 6.45) is 0. The Morgan fingerprint density at radius 2 is 1.74 bits per heavy atom. The van der Waals surface area contributed by atoms with E-state index in [0.717, 1.165) is 29.3 Å². The second-order valence-corrected chi connectivity index (χ2v) is 4.38. The monoisotopic (exact) mass is 261 g/mol. The van der Waals surface area contributed by atoms with Gasteiger partial charge in [-0.15, -0.1) is 0 Å². The fraction of sp³-hybridized carbons (Fsp3) is 0.133. The van der Waals surface area contributed by atoms with Gasteiger partial charge in [0.1, 0.15) is 11.6 Å². The maximum absolute atomic E-state index is 13.4. The summed E-state index contributed by atoms with van der Waals surface area (Å²) in [6.45, 7) is 3.86. The van der Waals surface area contributed by atoms with Gasteiger partial charge in [0, 0.05) is 5.69 Å². The molecule has 0 bridgehead atoms. The zero-order chi connectivity index (χ0) is 14.0. The molecule has 0 saturated carbocycles. The van der Waals surface area contributed by atoms with Crippen molar-refractivity contribution < 1.29 is 13.6 Å². The molecule has 0 spiro atoms. The number of carbonyl (C=O) groups excluding carboxylic acids is 1.